The Balaban J connectivity index is 3.10. The first-order chi connectivity index (χ1) is 8.38. The second kappa shape index (κ2) is 5.95. The molecule has 0 fully saturated rings. The monoisotopic (exact) mass is 314 g/mol. The second-order valence-corrected chi connectivity index (χ2v) is 4.66. The highest BCUT2D eigenvalue weighted by Gasteiger charge is 2.09. The van der Waals surface area contributed by atoms with Gasteiger partial charge >= 0.3 is 11.7 Å². The number of aryl methyl sites for hydroxylation is 1. The van der Waals surface area contributed by atoms with Crippen molar-refractivity contribution in [1.82, 2.24) is 9.55 Å². The number of allylic oxidation sites excluding steroid dienone is 1. The van der Waals surface area contributed by atoms with Crippen LogP contribution >= 0.6 is 15.9 Å². The molecule has 0 aromatic carbocycles. The topological polar surface area (TPSA) is 61.2 Å². The fourth-order valence-electron chi connectivity index (χ4n) is 1.46. The summed E-state index contributed by atoms with van der Waals surface area (Å²) in [5, 5.41) is 0. The van der Waals surface area contributed by atoms with Crippen molar-refractivity contribution in [1.29, 1.82) is 0 Å². The fraction of sp³-hybridized carbons (Fsp3) is 0.417. The third-order valence-electron chi connectivity index (χ3n) is 2.62. The summed E-state index contributed by atoms with van der Waals surface area (Å²) >= 11 is 3.38. The zero-order valence-electron chi connectivity index (χ0n) is 10.8. The van der Waals surface area contributed by atoms with Crippen LogP contribution in [-0.2, 0) is 16.1 Å². The molecule has 1 aromatic heterocycles. The zero-order valence-corrected chi connectivity index (χ0v) is 12.4. The maximum atomic E-state index is 11.8. The second-order valence-electron chi connectivity index (χ2n) is 3.87. The van der Waals surface area contributed by atoms with E-state index in [2.05, 4.69) is 25.7 Å². The van der Waals surface area contributed by atoms with E-state index in [0.717, 1.165) is 10.2 Å². The third kappa shape index (κ3) is 3.07. The van der Waals surface area contributed by atoms with Crippen molar-refractivity contribution in [2.45, 2.75) is 27.3 Å². The molecular formula is C12H15BrN2O3. The number of hydrogen-bond acceptors (Lipinski definition) is 4. The standard InChI is InChI=1S/C12H15BrN2O3/c1-7(11(16)18-4)5-6-15-9(3)10(13)8(2)14-12(15)17/h5H,6H2,1-4H3. The molecular weight excluding hydrogens is 300 g/mol. The van der Waals surface area contributed by atoms with Gasteiger partial charge in [-0.2, -0.15) is 4.98 Å². The molecule has 0 aliphatic rings. The predicted octanol–water partition coefficient (Wildman–Crippen LogP) is 1.74. The van der Waals surface area contributed by atoms with Gasteiger partial charge in [-0.05, 0) is 36.7 Å². The van der Waals surface area contributed by atoms with E-state index in [4.69, 9.17) is 0 Å². The molecule has 0 aliphatic heterocycles. The number of ether oxygens (including phenoxy) is 1. The lowest BCUT2D eigenvalue weighted by molar-refractivity contribution is -0.136. The van der Waals surface area contributed by atoms with E-state index in [1.807, 2.05) is 6.92 Å². The molecule has 0 amide bonds. The third-order valence-corrected chi connectivity index (χ3v) is 3.77. The number of carbonyl (C=O) groups excluding carboxylic acids is 1. The number of nitrogens with zero attached hydrogens (tertiary/aromatic N) is 2. The van der Waals surface area contributed by atoms with Crippen LogP contribution in [0.25, 0.3) is 0 Å². The lowest BCUT2D eigenvalue weighted by Crippen LogP contribution is -2.26. The Morgan fingerprint density at radius 2 is 2.11 bits per heavy atom. The van der Waals surface area contributed by atoms with Gasteiger partial charge in [-0.1, -0.05) is 6.08 Å². The number of esters is 1. The minimum Gasteiger partial charge on any atom is -0.466 e. The smallest absolute Gasteiger partial charge is 0.348 e. The highest BCUT2D eigenvalue weighted by Crippen LogP contribution is 2.16. The highest BCUT2D eigenvalue weighted by atomic mass is 79.9. The molecule has 0 bridgehead atoms. The quantitative estimate of drug-likeness (QED) is 0.630. The van der Waals surface area contributed by atoms with Crippen LogP contribution in [0.15, 0.2) is 20.9 Å². The van der Waals surface area contributed by atoms with Gasteiger partial charge in [0, 0.05) is 17.8 Å². The van der Waals surface area contributed by atoms with E-state index < -0.39 is 5.97 Å². The molecule has 5 nitrogen and oxygen atoms in total. The first-order valence-corrected chi connectivity index (χ1v) is 6.16. The number of methoxy groups -OCH3 is 1. The molecule has 0 saturated heterocycles. The van der Waals surface area contributed by atoms with Crippen molar-refractivity contribution in [3.63, 3.8) is 0 Å². The van der Waals surface area contributed by atoms with Crippen molar-refractivity contribution in [3.8, 4) is 0 Å². The summed E-state index contributed by atoms with van der Waals surface area (Å²) in [4.78, 5) is 26.9. The maximum absolute atomic E-state index is 11.8. The Kier molecular flexibility index (Phi) is 4.84. The Morgan fingerprint density at radius 1 is 1.50 bits per heavy atom. The molecule has 0 N–H and O–H groups in total. The first-order valence-electron chi connectivity index (χ1n) is 5.37. The lowest BCUT2D eigenvalue weighted by atomic mass is 10.3. The van der Waals surface area contributed by atoms with Gasteiger partial charge in [0.15, 0.2) is 0 Å². The van der Waals surface area contributed by atoms with Crippen molar-refractivity contribution in [3.05, 3.63) is 38.0 Å². The molecule has 6 heteroatoms. The summed E-state index contributed by atoms with van der Waals surface area (Å²) in [5.41, 5.74) is 1.56. The molecule has 0 unspecified atom stereocenters. The number of hydrogen-bond donors (Lipinski definition) is 0. The largest absolute Gasteiger partial charge is 0.466 e. The van der Waals surface area contributed by atoms with Crippen LogP contribution in [0.1, 0.15) is 18.3 Å². The Bertz CT molecular complexity index is 561. The lowest BCUT2D eigenvalue weighted by Gasteiger charge is -2.10. The number of rotatable bonds is 3. The summed E-state index contributed by atoms with van der Waals surface area (Å²) in [6.45, 7) is 5.51. The molecule has 1 rings (SSSR count). The summed E-state index contributed by atoms with van der Waals surface area (Å²) in [6, 6.07) is 0. The van der Waals surface area contributed by atoms with Crippen molar-refractivity contribution in [2.24, 2.45) is 0 Å². The molecule has 18 heavy (non-hydrogen) atoms. The number of halogens is 1. The molecule has 0 spiro atoms. The van der Waals surface area contributed by atoms with Gasteiger partial charge in [0.2, 0.25) is 0 Å². The van der Waals surface area contributed by atoms with Crippen LogP contribution in [0.3, 0.4) is 0 Å². The highest BCUT2D eigenvalue weighted by molar-refractivity contribution is 9.10. The summed E-state index contributed by atoms with van der Waals surface area (Å²) < 4.78 is 6.87. The fourth-order valence-corrected chi connectivity index (χ4v) is 1.77. The van der Waals surface area contributed by atoms with Crippen molar-refractivity contribution >= 4 is 21.9 Å². The van der Waals surface area contributed by atoms with Gasteiger partial charge in [0.05, 0.1) is 17.3 Å². The van der Waals surface area contributed by atoms with E-state index in [1.165, 1.54) is 11.7 Å². The van der Waals surface area contributed by atoms with E-state index in [1.54, 1.807) is 19.9 Å². The van der Waals surface area contributed by atoms with E-state index in [-0.39, 0.29) is 12.2 Å². The average molecular weight is 315 g/mol. The van der Waals surface area contributed by atoms with E-state index in [9.17, 15) is 9.59 Å². The summed E-state index contributed by atoms with van der Waals surface area (Å²) in [7, 11) is 1.32. The van der Waals surface area contributed by atoms with Crippen LogP contribution in [-0.4, -0.2) is 22.6 Å². The Labute approximate surface area is 114 Å². The van der Waals surface area contributed by atoms with Gasteiger partial charge in [-0.15, -0.1) is 0 Å². The molecule has 1 heterocycles. The van der Waals surface area contributed by atoms with Gasteiger partial charge in [-0.3, -0.25) is 4.57 Å². The summed E-state index contributed by atoms with van der Waals surface area (Å²) in [6.07, 6.45) is 1.64. The zero-order chi connectivity index (χ0) is 13.9. The van der Waals surface area contributed by atoms with Crippen LogP contribution in [0, 0.1) is 13.8 Å². The van der Waals surface area contributed by atoms with Crippen molar-refractivity contribution in [2.75, 3.05) is 7.11 Å². The molecule has 0 radical (unpaired) electrons. The maximum Gasteiger partial charge on any atom is 0.348 e. The number of carbonyl (C=O) groups is 1. The van der Waals surface area contributed by atoms with Crippen LogP contribution in [0.5, 0.6) is 0 Å². The van der Waals surface area contributed by atoms with E-state index >= 15 is 0 Å². The molecule has 98 valence electrons. The van der Waals surface area contributed by atoms with Crippen LogP contribution in [0.4, 0.5) is 0 Å². The Hall–Kier alpha value is -1.43. The molecule has 0 saturated carbocycles. The van der Waals surface area contributed by atoms with Crippen LogP contribution in [0.2, 0.25) is 0 Å². The SMILES string of the molecule is COC(=O)C(C)=CCn1c(C)c(Br)c(C)nc1=O. The van der Waals surface area contributed by atoms with Gasteiger partial charge in [0.1, 0.15) is 0 Å². The molecule has 0 aliphatic carbocycles. The van der Waals surface area contributed by atoms with E-state index in [0.29, 0.717) is 11.3 Å². The normalized spacial score (nSPS) is 11.5. The van der Waals surface area contributed by atoms with Gasteiger partial charge < -0.3 is 4.74 Å². The van der Waals surface area contributed by atoms with Gasteiger partial charge in [-0.25, -0.2) is 9.59 Å². The number of aromatic nitrogens is 2. The minimum atomic E-state index is -0.403. The molecule has 0 atom stereocenters. The predicted molar refractivity (Wildman–Crippen MR) is 71.4 cm³/mol. The average Bonchev–Trinajstić information content (AvgIpc) is 2.34. The molecule has 1 aromatic rings. The summed E-state index contributed by atoms with van der Waals surface area (Å²) in [5.74, 6) is -0.403. The minimum absolute atomic E-state index is 0.289. The van der Waals surface area contributed by atoms with Crippen molar-refractivity contribution < 1.29 is 9.53 Å². The van der Waals surface area contributed by atoms with Crippen LogP contribution < -0.4 is 5.69 Å². The Morgan fingerprint density at radius 3 is 2.67 bits per heavy atom. The van der Waals surface area contributed by atoms with Gasteiger partial charge in [0.25, 0.3) is 0 Å². The first kappa shape index (κ1) is 14.6.